The van der Waals surface area contributed by atoms with Crippen molar-refractivity contribution in [1.82, 2.24) is 24.3 Å². The minimum Gasteiger partial charge on any atom is -0.375 e. The van der Waals surface area contributed by atoms with E-state index in [2.05, 4.69) is 69.4 Å². The van der Waals surface area contributed by atoms with Gasteiger partial charge in [0, 0.05) is 49.7 Å². The first kappa shape index (κ1) is 22.5. The molecule has 6 heteroatoms. The molecule has 0 atom stereocenters. The van der Waals surface area contributed by atoms with Gasteiger partial charge in [-0.25, -0.2) is 4.98 Å². The third-order valence-electron chi connectivity index (χ3n) is 7.45. The minimum atomic E-state index is 0.520. The lowest BCUT2D eigenvalue weighted by molar-refractivity contribution is 0.153. The SMILES string of the molecule is C=C(C1CCN(Cc2ccncc2)CC1)N1CCC(n2c(SC)nc3cc(C)ccc32)CC1. The maximum Gasteiger partial charge on any atom is 0.169 e. The molecule has 2 aliphatic rings. The Morgan fingerprint density at radius 1 is 1.03 bits per heavy atom. The van der Waals surface area contributed by atoms with Crippen molar-refractivity contribution in [1.29, 1.82) is 0 Å². The van der Waals surface area contributed by atoms with Crippen molar-refractivity contribution in [2.75, 3.05) is 32.4 Å². The van der Waals surface area contributed by atoms with Crippen LogP contribution in [0, 0.1) is 12.8 Å². The van der Waals surface area contributed by atoms with Crippen LogP contribution >= 0.6 is 11.8 Å². The molecule has 2 saturated heterocycles. The average Bonchev–Trinajstić information content (AvgIpc) is 3.22. The summed E-state index contributed by atoms with van der Waals surface area (Å²) in [5, 5.41) is 1.15. The second-order valence-electron chi connectivity index (χ2n) is 9.58. The average molecular weight is 462 g/mol. The number of benzene rings is 1. The molecular weight excluding hydrogens is 426 g/mol. The number of hydrogen-bond acceptors (Lipinski definition) is 5. The predicted molar refractivity (Wildman–Crippen MR) is 137 cm³/mol. The number of rotatable bonds is 6. The first-order chi connectivity index (χ1) is 16.1. The van der Waals surface area contributed by atoms with Crippen LogP contribution in [0.5, 0.6) is 0 Å². The highest BCUT2D eigenvalue weighted by Gasteiger charge is 2.29. The largest absolute Gasteiger partial charge is 0.375 e. The quantitative estimate of drug-likeness (QED) is 0.452. The summed E-state index contributed by atoms with van der Waals surface area (Å²) in [6.45, 7) is 12.2. The summed E-state index contributed by atoms with van der Waals surface area (Å²) < 4.78 is 2.50. The van der Waals surface area contributed by atoms with Gasteiger partial charge in [-0.05, 0) is 87.3 Å². The molecule has 2 aromatic heterocycles. The zero-order valence-corrected chi connectivity index (χ0v) is 20.7. The number of aromatic nitrogens is 3. The van der Waals surface area contributed by atoms with Gasteiger partial charge in [0.25, 0.3) is 0 Å². The van der Waals surface area contributed by atoms with Crippen molar-refractivity contribution in [2.24, 2.45) is 5.92 Å². The van der Waals surface area contributed by atoms with Gasteiger partial charge in [-0.2, -0.15) is 0 Å². The zero-order valence-electron chi connectivity index (χ0n) is 19.9. The first-order valence-electron chi connectivity index (χ1n) is 12.2. The predicted octanol–water partition coefficient (Wildman–Crippen LogP) is 5.52. The molecule has 174 valence electrons. The van der Waals surface area contributed by atoms with Crippen molar-refractivity contribution in [2.45, 2.75) is 50.4 Å². The number of thioether (sulfide) groups is 1. The van der Waals surface area contributed by atoms with E-state index in [1.165, 1.54) is 35.2 Å². The minimum absolute atomic E-state index is 0.520. The summed E-state index contributed by atoms with van der Waals surface area (Å²) in [5.74, 6) is 0.619. The molecule has 2 fully saturated rings. The molecule has 0 aliphatic carbocycles. The molecule has 4 heterocycles. The number of allylic oxidation sites excluding steroid dienone is 1. The van der Waals surface area contributed by atoms with E-state index in [0.29, 0.717) is 12.0 Å². The monoisotopic (exact) mass is 461 g/mol. The summed E-state index contributed by atoms with van der Waals surface area (Å²) in [5.41, 5.74) is 6.41. The summed E-state index contributed by atoms with van der Waals surface area (Å²) in [6.07, 6.45) is 10.7. The number of aryl methyl sites for hydroxylation is 1. The Balaban J connectivity index is 1.17. The van der Waals surface area contributed by atoms with Crippen LogP contribution in [0.25, 0.3) is 11.0 Å². The van der Waals surface area contributed by atoms with E-state index in [4.69, 9.17) is 4.98 Å². The van der Waals surface area contributed by atoms with Gasteiger partial charge in [0.05, 0.1) is 11.0 Å². The molecule has 5 nitrogen and oxygen atoms in total. The number of piperidine rings is 2. The van der Waals surface area contributed by atoms with Crippen LogP contribution in [-0.2, 0) is 6.54 Å². The molecule has 3 aromatic rings. The molecule has 0 saturated carbocycles. The van der Waals surface area contributed by atoms with E-state index in [-0.39, 0.29) is 0 Å². The Labute approximate surface area is 201 Å². The number of hydrogen-bond donors (Lipinski definition) is 0. The van der Waals surface area contributed by atoms with Crippen molar-refractivity contribution < 1.29 is 0 Å². The van der Waals surface area contributed by atoms with Crippen LogP contribution in [0.2, 0.25) is 0 Å². The lowest BCUT2D eigenvalue weighted by atomic mass is 9.91. The molecule has 5 rings (SSSR count). The first-order valence-corrected chi connectivity index (χ1v) is 13.4. The highest BCUT2D eigenvalue weighted by molar-refractivity contribution is 7.98. The van der Waals surface area contributed by atoms with E-state index in [1.54, 1.807) is 11.8 Å². The number of nitrogens with zero attached hydrogens (tertiary/aromatic N) is 5. The normalized spacial score (nSPS) is 18.8. The van der Waals surface area contributed by atoms with E-state index >= 15 is 0 Å². The van der Waals surface area contributed by atoms with Gasteiger partial charge < -0.3 is 9.47 Å². The lowest BCUT2D eigenvalue weighted by Gasteiger charge is -2.41. The Bertz CT molecular complexity index is 1090. The van der Waals surface area contributed by atoms with Gasteiger partial charge in [-0.15, -0.1) is 0 Å². The molecule has 33 heavy (non-hydrogen) atoms. The topological polar surface area (TPSA) is 37.2 Å². The summed E-state index contributed by atoms with van der Waals surface area (Å²) >= 11 is 1.76. The second-order valence-corrected chi connectivity index (χ2v) is 10.3. The summed E-state index contributed by atoms with van der Waals surface area (Å²) in [4.78, 5) is 14.2. The van der Waals surface area contributed by atoms with Gasteiger partial charge in [-0.3, -0.25) is 9.88 Å². The Hall–Kier alpha value is -2.31. The molecule has 2 aliphatic heterocycles. The molecule has 0 radical (unpaired) electrons. The van der Waals surface area contributed by atoms with E-state index in [9.17, 15) is 0 Å². The Morgan fingerprint density at radius 2 is 1.76 bits per heavy atom. The van der Waals surface area contributed by atoms with Gasteiger partial charge in [0.1, 0.15) is 0 Å². The molecule has 0 unspecified atom stereocenters. The number of imidazole rings is 1. The van der Waals surface area contributed by atoms with E-state index in [0.717, 1.165) is 56.2 Å². The van der Waals surface area contributed by atoms with Gasteiger partial charge in [-0.1, -0.05) is 24.4 Å². The summed E-state index contributed by atoms with van der Waals surface area (Å²) in [6, 6.07) is 11.4. The number of likely N-dealkylation sites (tertiary alicyclic amines) is 2. The number of pyridine rings is 1. The van der Waals surface area contributed by atoms with Crippen LogP contribution in [0.3, 0.4) is 0 Å². The van der Waals surface area contributed by atoms with Gasteiger partial charge in [0.2, 0.25) is 0 Å². The fourth-order valence-electron chi connectivity index (χ4n) is 5.52. The number of fused-ring (bicyclic) bond motifs is 1. The fourth-order valence-corrected chi connectivity index (χ4v) is 6.16. The smallest absolute Gasteiger partial charge is 0.169 e. The molecule has 0 bridgehead atoms. The maximum atomic E-state index is 4.92. The zero-order chi connectivity index (χ0) is 22.8. The Morgan fingerprint density at radius 3 is 2.45 bits per heavy atom. The third kappa shape index (κ3) is 4.82. The Kier molecular flexibility index (Phi) is 6.74. The fraction of sp³-hybridized carbons (Fsp3) is 0.481. The summed E-state index contributed by atoms with van der Waals surface area (Å²) in [7, 11) is 0. The highest BCUT2D eigenvalue weighted by atomic mass is 32.2. The standard InChI is InChI=1S/C27H35N5S/c1-20-4-5-26-25(18-20)29-27(33-3)32(26)24-10-16-31(17-11-24)21(2)23-8-14-30(15-9-23)19-22-6-12-28-13-7-22/h4-7,12-13,18,23-24H,2,8-11,14-17,19H2,1,3H3. The molecule has 0 spiro atoms. The van der Waals surface area contributed by atoms with E-state index < -0.39 is 0 Å². The molecule has 1 aromatic carbocycles. The van der Waals surface area contributed by atoms with Crippen molar-refractivity contribution in [3.8, 4) is 0 Å². The van der Waals surface area contributed by atoms with Gasteiger partial charge >= 0.3 is 0 Å². The van der Waals surface area contributed by atoms with Crippen molar-refractivity contribution in [3.05, 3.63) is 66.1 Å². The van der Waals surface area contributed by atoms with Crippen LogP contribution in [-0.4, -0.2) is 56.8 Å². The van der Waals surface area contributed by atoms with Crippen LogP contribution < -0.4 is 0 Å². The molecular formula is C27H35N5S. The lowest BCUT2D eigenvalue weighted by Crippen LogP contribution is -2.40. The van der Waals surface area contributed by atoms with Crippen molar-refractivity contribution >= 4 is 22.8 Å². The second kappa shape index (κ2) is 9.90. The molecule has 0 N–H and O–H groups in total. The van der Waals surface area contributed by atoms with E-state index in [1.807, 2.05) is 12.4 Å². The highest BCUT2D eigenvalue weighted by Crippen LogP contribution is 2.35. The van der Waals surface area contributed by atoms with Crippen LogP contribution in [0.15, 0.2) is 60.2 Å². The van der Waals surface area contributed by atoms with Crippen LogP contribution in [0.1, 0.15) is 42.9 Å². The maximum absolute atomic E-state index is 4.92. The molecule has 0 amide bonds. The van der Waals surface area contributed by atoms with Crippen molar-refractivity contribution in [3.63, 3.8) is 0 Å². The van der Waals surface area contributed by atoms with Gasteiger partial charge in [0.15, 0.2) is 5.16 Å². The van der Waals surface area contributed by atoms with Crippen LogP contribution in [0.4, 0.5) is 0 Å². The third-order valence-corrected chi connectivity index (χ3v) is 8.10.